The molecule has 1 aliphatic heterocycles. The van der Waals surface area contributed by atoms with E-state index in [2.05, 4.69) is 4.84 Å². The van der Waals surface area contributed by atoms with Gasteiger partial charge in [-0.1, -0.05) is 0 Å². The third-order valence-electron chi connectivity index (χ3n) is 2.13. The lowest BCUT2D eigenvalue weighted by atomic mass is 10.2. The molecule has 0 aromatic carbocycles. The first-order valence-electron chi connectivity index (χ1n) is 5.84. The van der Waals surface area contributed by atoms with Crippen LogP contribution >= 0.6 is 0 Å². The van der Waals surface area contributed by atoms with E-state index in [0.717, 1.165) is 0 Å². The molecule has 0 aliphatic carbocycles. The Hall–Kier alpha value is -1.53. The van der Waals surface area contributed by atoms with Gasteiger partial charge in [0.25, 0.3) is 0 Å². The molecule has 1 rings (SSSR count). The summed E-state index contributed by atoms with van der Waals surface area (Å²) in [6, 6.07) is 0. The second-order valence-electron chi connectivity index (χ2n) is 4.92. The first-order chi connectivity index (χ1) is 8.42. The molecule has 102 valence electrons. The van der Waals surface area contributed by atoms with Crippen molar-refractivity contribution in [3.8, 4) is 0 Å². The maximum atomic E-state index is 11.8. The topological polar surface area (TPSA) is 68.0 Å². The van der Waals surface area contributed by atoms with Crippen LogP contribution in [0.1, 0.15) is 20.8 Å². The normalized spacial score (nSPS) is 15.8. The molecule has 2 N–H and O–H groups in total. The number of hydrogen-bond acceptors (Lipinski definition) is 5. The van der Waals surface area contributed by atoms with Crippen LogP contribution in [0, 0.1) is 0 Å². The molecule has 0 radical (unpaired) electrons. The average Bonchev–Trinajstić information content (AvgIpc) is 2.49. The van der Waals surface area contributed by atoms with Crippen LogP contribution in [0.4, 0.5) is 4.79 Å². The summed E-state index contributed by atoms with van der Waals surface area (Å²) < 4.78 is 5.29. The van der Waals surface area contributed by atoms with Crippen LogP contribution in [0.2, 0.25) is 0 Å². The maximum absolute atomic E-state index is 11.8. The van der Waals surface area contributed by atoms with Gasteiger partial charge in [0.15, 0.2) is 0 Å². The van der Waals surface area contributed by atoms with Gasteiger partial charge in [0, 0.05) is 31.7 Å². The number of rotatable bonds is 3. The Morgan fingerprint density at radius 2 is 2.06 bits per heavy atom. The smallest absolute Gasteiger partial charge is 0.414 e. The van der Waals surface area contributed by atoms with E-state index in [1.54, 1.807) is 12.4 Å². The molecule has 0 bridgehead atoms. The molecular weight excluding hydrogens is 234 g/mol. The number of nitrogens with zero attached hydrogens (tertiary/aromatic N) is 2. The molecule has 0 spiro atoms. The third-order valence-corrected chi connectivity index (χ3v) is 2.13. The standard InChI is InChI=1S/C12H21N3O3/c1-12(2,3)18-11(16)15-6-4-5-14(7-8-15)9-10-17-13/h4-5,7-8H,6,9-10,13H2,1-3H3. The zero-order valence-corrected chi connectivity index (χ0v) is 11.1. The predicted octanol–water partition coefficient (Wildman–Crippen LogP) is 1.41. The highest BCUT2D eigenvalue weighted by Gasteiger charge is 2.20. The lowest BCUT2D eigenvalue weighted by Gasteiger charge is -2.24. The first kappa shape index (κ1) is 14.5. The molecule has 0 saturated heterocycles. The zero-order chi connectivity index (χ0) is 13.6. The molecule has 0 fully saturated rings. The highest BCUT2D eigenvalue weighted by molar-refractivity contribution is 5.69. The van der Waals surface area contributed by atoms with E-state index in [-0.39, 0.29) is 6.09 Å². The number of carbonyl (C=O) groups is 1. The Kier molecular flexibility index (Phi) is 5.18. The van der Waals surface area contributed by atoms with Crippen molar-refractivity contribution in [3.05, 3.63) is 24.7 Å². The Labute approximate surface area is 108 Å². The fourth-order valence-electron chi connectivity index (χ4n) is 1.34. The fraction of sp³-hybridized carbons (Fsp3) is 0.583. The fourth-order valence-corrected chi connectivity index (χ4v) is 1.34. The van der Waals surface area contributed by atoms with Crippen molar-refractivity contribution in [2.45, 2.75) is 26.4 Å². The van der Waals surface area contributed by atoms with E-state index in [0.29, 0.717) is 19.7 Å². The highest BCUT2D eigenvalue weighted by Crippen LogP contribution is 2.11. The van der Waals surface area contributed by atoms with Crippen molar-refractivity contribution >= 4 is 6.09 Å². The Bertz CT molecular complexity index is 334. The molecule has 6 heteroatoms. The lowest BCUT2D eigenvalue weighted by molar-refractivity contribution is 0.0351. The minimum absolute atomic E-state index is 0.361. The number of carbonyl (C=O) groups excluding carboxylic acids is 1. The van der Waals surface area contributed by atoms with Crippen molar-refractivity contribution in [2.75, 3.05) is 19.7 Å². The largest absolute Gasteiger partial charge is 0.443 e. The monoisotopic (exact) mass is 255 g/mol. The van der Waals surface area contributed by atoms with Crippen LogP contribution < -0.4 is 5.90 Å². The minimum Gasteiger partial charge on any atom is -0.443 e. The van der Waals surface area contributed by atoms with Crippen LogP contribution in [-0.4, -0.2) is 41.2 Å². The predicted molar refractivity (Wildman–Crippen MR) is 68.1 cm³/mol. The molecule has 0 unspecified atom stereocenters. The molecule has 18 heavy (non-hydrogen) atoms. The van der Waals surface area contributed by atoms with Crippen molar-refractivity contribution in [1.29, 1.82) is 0 Å². The van der Waals surface area contributed by atoms with Crippen LogP contribution in [0.5, 0.6) is 0 Å². The molecule has 1 heterocycles. The molecular formula is C12H21N3O3. The summed E-state index contributed by atoms with van der Waals surface area (Å²) in [4.78, 5) is 19.7. The molecule has 1 aliphatic rings. The van der Waals surface area contributed by atoms with Gasteiger partial charge in [-0.25, -0.2) is 10.7 Å². The molecule has 0 saturated carbocycles. The van der Waals surface area contributed by atoms with E-state index in [1.807, 2.05) is 37.9 Å². The summed E-state index contributed by atoms with van der Waals surface area (Å²) in [5.74, 6) is 4.97. The summed E-state index contributed by atoms with van der Waals surface area (Å²) in [6.45, 7) is 7.05. The quantitative estimate of drug-likeness (QED) is 0.772. The SMILES string of the molecule is CC(C)(C)OC(=O)N1C=CN(CCON)C=CC1. The third kappa shape index (κ3) is 5.20. The van der Waals surface area contributed by atoms with Gasteiger partial charge < -0.3 is 14.5 Å². The second kappa shape index (κ2) is 6.42. The van der Waals surface area contributed by atoms with E-state index in [4.69, 9.17) is 10.6 Å². The summed E-state index contributed by atoms with van der Waals surface area (Å²) in [7, 11) is 0. The summed E-state index contributed by atoms with van der Waals surface area (Å²) in [5.41, 5.74) is -0.492. The summed E-state index contributed by atoms with van der Waals surface area (Å²) in [6.07, 6.45) is 6.86. The van der Waals surface area contributed by atoms with Crippen molar-refractivity contribution in [3.63, 3.8) is 0 Å². The van der Waals surface area contributed by atoms with E-state index < -0.39 is 5.60 Å². The van der Waals surface area contributed by atoms with Gasteiger partial charge in [-0.05, 0) is 26.8 Å². The minimum atomic E-state index is -0.492. The Balaban J connectivity index is 2.55. The van der Waals surface area contributed by atoms with Crippen molar-refractivity contribution < 1.29 is 14.4 Å². The second-order valence-corrected chi connectivity index (χ2v) is 4.92. The van der Waals surface area contributed by atoms with Gasteiger partial charge in [0.1, 0.15) is 5.60 Å². The first-order valence-corrected chi connectivity index (χ1v) is 5.84. The summed E-state index contributed by atoms with van der Waals surface area (Å²) >= 11 is 0. The van der Waals surface area contributed by atoms with E-state index in [9.17, 15) is 4.79 Å². The molecule has 0 aromatic heterocycles. The molecule has 0 aromatic rings. The lowest BCUT2D eigenvalue weighted by Crippen LogP contribution is -2.33. The molecule has 0 atom stereocenters. The van der Waals surface area contributed by atoms with Gasteiger partial charge >= 0.3 is 6.09 Å². The van der Waals surface area contributed by atoms with Gasteiger partial charge in [-0.3, -0.25) is 4.90 Å². The number of hydrogen-bond donors (Lipinski definition) is 1. The molecule has 6 nitrogen and oxygen atoms in total. The average molecular weight is 255 g/mol. The molecule has 1 amide bonds. The van der Waals surface area contributed by atoms with Gasteiger partial charge in [-0.15, -0.1) is 0 Å². The van der Waals surface area contributed by atoms with Gasteiger partial charge in [-0.2, -0.15) is 0 Å². The number of ether oxygens (including phenoxy) is 1. The van der Waals surface area contributed by atoms with Crippen LogP contribution in [-0.2, 0) is 9.57 Å². The van der Waals surface area contributed by atoms with Crippen molar-refractivity contribution in [1.82, 2.24) is 9.80 Å². The highest BCUT2D eigenvalue weighted by atomic mass is 16.6. The maximum Gasteiger partial charge on any atom is 0.414 e. The van der Waals surface area contributed by atoms with Crippen LogP contribution in [0.25, 0.3) is 0 Å². The zero-order valence-electron chi connectivity index (χ0n) is 11.1. The van der Waals surface area contributed by atoms with E-state index in [1.165, 1.54) is 4.90 Å². The van der Waals surface area contributed by atoms with Crippen LogP contribution in [0.3, 0.4) is 0 Å². The summed E-state index contributed by atoms with van der Waals surface area (Å²) in [5, 5.41) is 0. The number of nitrogens with two attached hydrogens (primary N) is 1. The van der Waals surface area contributed by atoms with Crippen LogP contribution in [0.15, 0.2) is 24.7 Å². The Morgan fingerprint density at radius 1 is 1.33 bits per heavy atom. The Morgan fingerprint density at radius 3 is 2.67 bits per heavy atom. The van der Waals surface area contributed by atoms with Gasteiger partial charge in [0.2, 0.25) is 0 Å². The van der Waals surface area contributed by atoms with E-state index >= 15 is 0 Å². The van der Waals surface area contributed by atoms with Crippen molar-refractivity contribution in [2.24, 2.45) is 5.90 Å². The number of amides is 1. The van der Waals surface area contributed by atoms with Gasteiger partial charge in [0.05, 0.1) is 6.61 Å².